The van der Waals surface area contributed by atoms with Gasteiger partial charge >= 0.3 is 0 Å². The topological polar surface area (TPSA) is 12.0 Å². The molecule has 1 N–H and O–H groups in total. The van der Waals surface area contributed by atoms with Gasteiger partial charge in [-0.15, -0.1) is 0 Å². The lowest BCUT2D eigenvalue weighted by Crippen LogP contribution is -2.28. The molecule has 2 fully saturated rings. The zero-order chi connectivity index (χ0) is 13.2. The smallest absolute Gasteiger partial charge is 0.123 e. The molecular weight excluding hydrogens is 237 g/mol. The lowest BCUT2D eigenvalue weighted by atomic mass is 10.0. The van der Waals surface area contributed by atoms with Gasteiger partial charge in [-0.1, -0.05) is 25.5 Å². The Bertz CT molecular complexity index is 410. The second-order valence-electron chi connectivity index (χ2n) is 6.56. The van der Waals surface area contributed by atoms with Crippen LogP contribution in [-0.2, 0) is 0 Å². The Morgan fingerprint density at radius 3 is 2.47 bits per heavy atom. The van der Waals surface area contributed by atoms with Gasteiger partial charge in [0.15, 0.2) is 0 Å². The number of benzene rings is 1. The second-order valence-corrected chi connectivity index (χ2v) is 6.56. The van der Waals surface area contributed by atoms with Gasteiger partial charge in [0.2, 0.25) is 0 Å². The van der Waals surface area contributed by atoms with E-state index in [1.807, 2.05) is 12.1 Å². The minimum absolute atomic E-state index is 0.136. The van der Waals surface area contributed by atoms with Crippen LogP contribution in [0.3, 0.4) is 0 Å². The Labute approximate surface area is 115 Å². The Morgan fingerprint density at radius 2 is 1.89 bits per heavy atom. The van der Waals surface area contributed by atoms with Gasteiger partial charge in [0.05, 0.1) is 0 Å². The minimum atomic E-state index is -0.136. The first-order valence-corrected chi connectivity index (χ1v) is 7.71. The molecule has 2 aliphatic carbocycles. The van der Waals surface area contributed by atoms with E-state index in [-0.39, 0.29) is 5.82 Å². The molecule has 3 unspecified atom stereocenters. The predicted molar refractivity (Wildman–Crippen MR) is 76.4 cm³/mol. The van der Waals surface area contributed by atoms with Crippen molar-refractivity contribution in [3.63, 3.8) is 0 Å². The van der Waals surface area contributed by atoms with E-state index in [0.717, 1.165) is 24.3 Å². The molecule has 2 saturated carbocycles. The molecule has 19 heavy (non-hydrogen) atoms. The maximum Gasteiger partial charge on any atom is 0.123 e. The molecule has 2 aliphatic rings. The lowest BCUT2D eigenvalue weighted by Gasteiger charge is -2.21. The van der Waals surface area contributed by atoms with Crippen molar-refractivity contribution in [3.8, 4) is 0 Å². The number of halogens is 1. The zero-order valence-electron chi connectivity index (χ0n) is 11.7. The molecule has 1 aromatic rings. The van der Waals surface area contributed by atoms with Gasteiger partial charge in [-0.25, -0.2) is 4.39 Å². The molecule has 1 aromatic carbocycles. The van der Waals surface area contributed by atoms with E-state index in [4.69, 9.17) is 0 Å². The average molecular weight is 261 g/mol. The van der Waals surface area contributed by atoms with Gasteiger partial charge in [-0.05, 0) is 67.7 Å². The van der Waals surface area contributed by atoms with Crippen LogP contribution in [0.25, 0.3) is 0 Å². The Kier molecular flexibility index (Phi) is 3.88. The molecule has 104 valence electrons. The molecule has 0 amide bonds. The van der Waals surface area contributed by atoms with Crippen LogP contribution in [0.2, 0.25) is 0 Å². The third-order valence-corrected chi connectivity index (χ3v) is 4.75. The fraction of sp³-hybridized carbons (Fsp3) is 0.647. The standard InChI is InChI=1S/C17H24FN/c1-12-2-3-13(10-12)11-19-17(14-4-5-14)15-6-8-16(18)9-7-15/h6-9,12-14,17,19H,2-5,10-11H2,1H3. The summed E-state index contributed by atoms with van der Waals surface area (Å²) in [6, 6.07) is 7.51. The van der Waals surface area contributed by atoms with E-state index in [1.165, 1.54) is 37.7 Å². The molecule has 0 radical (unpaired) electrons. The van der Waals surface area contributed by atoms with Crippen LogP contribution >= 0.6 is 0 Å². The summed E-state index contributed by atoms with van der Waals surface area (Å²) < 4.78 is 13.0. The van der Waals surface area contributed by atoms with Crippen molar-refractivity contribution < 1.29 is 4.39 Å². The van der Waals surface area contributed by atoms with Crippen molar-refractivity contribution in [2.75, 3.05) is 6.54 Å². The summed E-state index contributed by atoms with van der Waals surface area (Å²) in [6.07, 6.45) is 6.76. The van der Waals surface area contributed by atoms with Crippen LogP contribution in [0, 0.1) is 23.6 Å². The normalized spacial score (nSPS) is 28.5. The molecule has 3 atom stereocenters. The highest BCUT2D eigenvalue weighted by molar-refractivity contribution is 5.22. The average Bonchev–Trinajstić information content (AvgIpc) is 3.15. The molecule has 0 saturated heterocycles. The summed E-state index contributed by atoms with van der Waals surface area (Å²) in [6.45, 7) is 3.49. The monoisotopic (exact) mass is 261 g/mol. The van der Waals surface area contributed by atoms with E-state index < -0.39 is 0 Å². The number of nitrogens with one attached hydrogen (secondary N) is 1. The van der Waals surface area contributed by atoms with Gasteiger partial charge in [0.25, 0.3) is 0 Å². The maximum atomic E-state index is 13.0. The largest absolute Gasteiger partial charge is 0.309 e. The van der Waals surface area contributed by atoms with E-state index in [1.54, 1.807) is 12.1 Å². The molecular formula is C17H24FN. The van der Waals surface area contributed by atoms with E-state index >= 15 is 0 Å². The van der Waals surface area contributed by atoms with Gasteiger partial charge in [0, 0.05) is 6.04 Å². The fourth-order valence-corrected chi connectivity index (χ4v) is 3.46. The fourth-order valence-electron chi connectivity index (χ4n) is 3.46. The Hall–Kier alpha value is -0.890. The van der Waals surface area contributed by atoms with Crippen LogP contribution in [0.5, 0.6) is 0 Å². The molecule has 3 rings (SSSR count). The second kappa shape index (κ2) is 5.62. The summed E-state index contributed by atoms with van der Waals surface area (Å²) in [7, 11) is 0. The third kappa shape index (κ3) is 3.36. The zero-order valence-corrected chi connectivity index (χ0v) is 11.7. The predicted octanol–water partition coefficient (Wildman–Crippen LogP) is 4.30. The Balaban J connectivity index is 1.60. The summed E-state index contributed by atoms with van der Waals surface area (Å²) in [4.78, 5) is 0. The van der Waals surface area contributed by atoms with Crippen molar-refractivity contribution in [2.24, 2.45) is 17.8 Å². The highest BCUT2D eigenvalue weighted by atomic mass is 19.1. The summed E-state index contributed by atoms with van der Waals surface area (Å²) >= 11 is 0. The third-order valence-electron chi connectivity index (χ3n) is 4.75. The lowest BCUT2D eigenvalue weighted by molar-refractivity contribution is 0.404. The summed E-state index contributed by atoms with van der Waals surface area (Å²) in [5.41, 5.74) is 1.26. The quantitative estimate of drug-likeness (QED) is 0.833. The number of hydrogen-bond acceptors (Lipinski definition) is 1. The van der Waals surface area contributed by atoms with Crippen LogP contribution in [0.1, 0.15) is 50.6 Å². The highest BCUT2D eigenvalue weighted by Gasteiger charge is 2.33. The molecule has 0 bridgehead atoms. The van der Waals surface area contributed by atoms with Crippen molar-refractivity contribution in [2.45, 2.75) is 45.1 Å². The molecule has 0 aliphatic heterocycles. The van der Waals surface area contributed by atoms with Crippen molar-refractivity contribution in [1.29, 1.82) is 0 Å². The molecule has 0 aromatic heterocycles. The van der Waals surface area contributed by atoms with E-state index in [9.17, 15) is 4.39 Å². The summed E-state index contributed by atoms with van der Waals surface area (Å²) in [5, 5.41) is 3.76. The van der Waals surface area contributed by atoms with Crippen molar-refractivity contribution >= 4 is 0 Å². The first kappa shape index (κ1) is 13.1. The van der Waals surface area contributed by atoms with Gasteiger partial charge in [-0.2, -0.15) is 0 Å². The van der Waals surface area contributed by atoms with Crippen molar-refractivity contribution in [3.05, 3.63) is 35.6 Å². The van der Waals surface area contributed by atoms with Gasteiger partial charge in [0.1, 0.15) is 5.82 Å². The summed E-state index contributed by atoms with van der Waals surface area (Å²) in [5.74, 6) is 2.38. The van der Waals surface area contributed by atoms with Crippen LogP contribution in [-0.4, -0.2) is 6.54 Å². The first-order valence-electron chi connectivity index (χ1n) is 7.71. The number of hydrogen-bond donors (Lipinski definition) is 1. The van der Waals surface area contributed by atoms with Gasteiger partial charge < -0.3 is 5.32 Å². The maximum absolute atomic E-state index is 13.0. The van der Waals surface area contributed by atoms with E-state index in [2.05, 4.69) is 12.2 Å². The first-order chi connectivity index (χ1) is 9.22. The SMILES string of the molecule is CC1CCC(CNC(c2ccc(F)cc2)C2CC2)C1. The molecule has 1 nitrogen and oxygen atoms in total. The molecule has 0 heterocycles. The molecule has 0 spiro atoms. The van der Waals surface area contributed by atoms with Crippen LogP contribution in [0.15, 0.2) is 24.3 Å². The van der Waals surface area contributed by atoms with E-state index in [0.29, 0.717) is 6.04 Å². The van der Waals surface area contributed by atoms with Gasteiger partial charge in [-0.3, -0.25) is 0 Å². The molecule has 2 heteroatoms. The van der Waals surface area contributed by atoms with Crippen molar-refractivity contribution in [1.82, 2.24) is 5.32 Å². The highest BCUT2D eigenvalue weighted by Crippen LogP contribution is 2.41. The van der Waals surface area contributed by atoms with Crippen LogP contribution in [0.4, 0.5) is 4.39 Å². The van der Waals surface area contributed by atoms with Crippen LogP contribution < -0.4 is 5.32 Å². The minimum Gasteiger partial charge on any atom is -0.309 e. The Morgan fingerprint density at radius 1 is 1.16 bits per heavy atom. The number of rotatable bonds is 5.